The van der Waals surface area contributed by atoms with Gasteiger partial charge in [0.25, 0.3) is 0 Å². The number of rotatable bonds is 6. The average Bonchev–Trinajstić information content (AvgIpc) is 2.86. The van der Waals surface area contributed by atoms with Crippen LogP contribution in [0.1, 0.15) is 39.5 Å². The Kier molecular flexibility index (Phi) is 5.35. The van der Waals surface area contributed by atoms with Crippen molar-refractivity contribution in [1.82, 2.24) is 10.2 Å². The number of amides is 3. The predicted molar refractivity (Wildman–Crippen MR) is 73.0 cm³/mol. The van der Waals surface area contributed by atoms with E-state index in [1.165, 1.54) is 18.7 Å². The second-order valence-corrected chi connectivity index (χ2v) is 5.88. The first-order valence-corrected chi connectivity index (χ1v) is 6.80. The molecule has 0 saturated heterocycles. The second-order valence-electron chi connectivity index (χ2n) is 5.88. The molecule has 0 heterocycles. The van der Waals surface area contributed by atoms with Crippen LogP contribution in [0.15, 0.2) is 0 Å². The highest BCUT2D eigenvalue weighted by Crippen LogP contribution is 2.23. The van der Waals surface area contributed by atoms with Crippen molar-refractivity contribution in [3.05, 3.63) is 0 Å². The van der Waals surface area contributed by atoms with E-state index in [1.54, 1.807) is 0 Å². The third kappa shape index (κ3) is 4.40. The molecule has 114 valence electrons. The Balaban J connectivity index is 2.63. The van der Waals surface area contributed by atoms with Crippen LogP contribution < -0.4 is 11.1 Å². The van der Waals surface area contributed by atoms with Crippen LogP contribution in [-0.4, -0.2) is 47.0 Å². The molecular weight excluding hydrogens is 262 g/mol. The van der Waals surface area contributed by atoms with Crippen molar-refractivity contribution < 1.29 is 19.5 Å². The van der Waals surface area contributed by atoms with Crippen molar-refractivity contribution in [1.29, 1.82) is 0 Å². The summed E-state index contributed by atoms with van der Waals surface area (Å²) in [6.07, 6.45) is 3.74. The van der Waals surface area contributed by atoms with Crippen LogP contribution in [0.4, 0.5) is 4.79 Å². The summed E-state index contributed by atoms with van der Waals surface area (Å²) in [6.45, 7) is 2.93. The fraction of sp³-hybridized carbons (Fsp3) is 0.769. The number of primary amides is 1. The summed E-state index contributed by atoms with van der Waals surface area (Å²) in [5.41, 5.74) is 4.12. The number of aliphatic carboxylic acids is 1. The number of nitrogens with two attached hydrogens (primary N) is 1. The molecular formula is C13H23N3O4. The maximum atomic E-state index is 12.1. The third-order valence-electron chi connectivity index (χ3n) is 3.61. The number of carboxylic acid groups (broad SMARTS) is 1. The summed E-state index contributed by atoms with van der Waals surface area (Å²) in [5, 5.41) is 11.6. The predicted octanol–water partition coefficient (Wildman–Crippen LogP) is 0.537. The summed E-state index contributed by atoms with van der Waals surface area (Å²) >= 11 is 0. The quantitative estimate of drug-likeness (QED) is 0.661. The molecule has 0 aromatic heterocycles. The van der Waals surface area contributed by atoms with Crippen LogP contribution in [-0.2, 0) is 9.59 Å². The fourth-order valence-corrected chi connectivity index (χ4v) is 2.22. The highest BCUT2D eigenvalue weighted by molar-refractivity contribution is 5.83. The molecule has 0 aliphatic heterocycles. The molecule has 1 rings (SSSR count). The standard InChI is InChI=1S/C13H23N3O4/c1-13(2,11(18)19)8-15-12(20)16(7-10(14)17)9-5-3-4-6-9/h9H,3-8H2,1-2H3,(H2,14,17)(H,15,20)(H,18,19). The van der Waals surface area contributed by atoms with Gasteiger partial charge in [-0.25, -0.2) is 4.79 Å². The smallest absolute Gasteiger partial charge is 0.318 e. The van der Waals surface area contributed by atoms with E-state index in [9.17, 15) is 14.4 Å². The highest BCUT2D eigenvalue weighted by Gasteiger charge is 2.31. The lowest BCUT2D eigenvalue weighted by atomic mass is 9.94. The summed E-state index contributed by atoms with van der Waals surface area (Å²) in [5.74, 6) is -1.55. The molecule has 0 bridgehead atoms. The first-order valence-electron chi connectivity index (χ1n) is 6.80. The summed E-state index contributed by atoms with van der Waals surface area (Å²) in [4.78, 5) is 35.7. The van der Waals surface area contributed by atoms with Crippen molar-refractivity contribution in [3.63, 3.8) is 0 Å². The van der Waals surface area contributed by atoms with Crippen molar-refractivity contribution in [2.24, 2.45) is 11.1 Å². The van der Waals surface area contributed by atoms with Gasteiger partial charge in [0.1, 0.15) is 6.54 Å². The van der Waals surface area contributed by atoms with Gasteiger partial charge in [0, 0.05) is 12.6 Å². The molecule has 0 unspecified atom stereocenters. The minimum Gasteiger partial charge on any atom is -0.481 e. The Morgan fingerprint density at radius 2 is 1.85 bits per heavy atom. The zero-order chi connectivity index (χ0) is 15.3. The second kappa shape index (κ2) is 6.58. The molecule has 0 spiro atoms. The van der Waals surface area contributed by atoms with E-state index >= 15 is 0 Å². The van der Waals surface area contributed by atoms with E-state index in [-0.39, 0.29) is 19.1 Å². The van der Waals surface area contributed by atoms with Gasteiger partial charge in [0.05, 0.1) is 5.41 Å². The molecule has 1 aliphatic carbocycles. The van der Waals surface area contributed by atoms with E-state index in [4.69, 9.17) is 10.8 Å². The van der Waals surface area contributed by atoms with Crippen LogP contribution in [0.3, 0.4) is 0 Å². The van der Waals surface area contributed by atoms with Gasteiger partial charge in [-0.05, 0) is 26.7 Å². The zero-order valence-electron chi connectivity index (χ0n) is 12.0. The van der Waals surface area contributed by atoms with Crippen molar-refractivity contribution >= 4 is 17.9 Å². The Bertz CT molecular complexity index is 389. The lowest BCUT2D eigenvalue weighted by molar-refractivity contribution is -0.146. The Labute approximate surface area is 118 Å². The first kappa shape index (κ1) is 16.3. The van der Waals surface area contributed by atoms with E-state index < -0.39 is 23.3 Å². The van der Waals surface area contributed by atoms with Crippen molar-refractivity contribution in [2.45, 2.75) is 45.6 Å². The highest BCUT2D eigenvalue weighted by atomic mass is 16.4. The van der Waals surface area contributed by atoms with Crippen LogP contribution >= 0.6 is 0 Å². The number of nitrogens with one attached hydrogen (secondary N) is 1. The summed E-state index contributed by atoms with van der Waals surface area (Å²) in [7, 11) is 0. The van der Waals surface area contributed by atoms with Crippen LogP contribution in [0.5, 0.6) is 0 Å². The van der Waals surface area contributed by atoms with Gasteiger partial charge in [-0.2, -0.15) is 0 Å². The minimum absolute atomic E-state index is 0.00312. The van der Waals surface area contributed by atoms with E-state index in [2.05, 4.69) is 5.32 Å². The zero-order valence-corrected chi connectivity index (χ0v) is 12.0. The van der Waals surface area contributed by atoms with E-state index in [0.29, 0.717) is 0 Å². The molecule has 7 heteroatoms. The lowest BCUT2D eigenvalue weighted by Crippen LogP contribution is -2.51. The Morgan fingerprint density at radius 1 is 1.30 bits per heavy atom. The molecule has 1 fully saturated rings. The number of urea groups is 1. The lowest BCUT2D eigenvalue weighted by Gasteiger charge is -2.29. The third-order valence-corrected chi connectivity index (χ3v) is 3.61. The van der Waals surface area contributed by atoms with Gasteiger partial charge >= 0.3 is 12.0 Å². The Hall–Kier alpha value is -1.79. The molecule has 20 heavy (non-hydrogen) atoms. The largest absolute Gasteiger partial charge is 0.481 e. The molecule has 0 atom stereocenters. The number of nitrogens with zero attached hydrogens (tertiary/aromatic N) is 1. The number of carbonyl (C=O) groups excluding carboxylic acids is 2. The van der Waals surface area contributed by atoms with Crippen molar-refractivity contribution in [2.75, 3.05) is 13.1 Å². The molecule has 3 amide bonds. The molecule has 0 radical (unpaired) electrons. The van der Waals surface area contributed by atoms with Crippen molar-refractivity contribution in [3.8, 4) is 0 Å². The molecule has 0 aromatic rings. The molecule has 4 N–H and O–H groups in total. The average molecular weight is 285 g/mol. The maximum absolute atomic E-state index is 12.1. The molecule has 7 nitrogen and oxygen atoms in total. The SMILES string of the molecule is CC(C)(CNC(=O)N(CC(N)=O)C1CCCC1)C(=O)O. The number of hydrogen-bond donors (Lipinski definition) is 3. The number of carbonyl (C=O) groups is 3. The van der Waals surface area contributed by atoms with Gasteiger partial charge in [0.2, 0.25) is 5.91 Å². The number of hydrogen-bond acceptors (Lipinski definition) is 3. The molecule has 1 saturated carbocycles. The molecule has 0 aromatic carbocycles. The van der Waals surface area contributed by atoms with Crippen LogP contribution in [0.2, 0.25) is 0 Å². The van der Waals surface area contributed by atoms with E-state index in [1.807, 2.05) is 0 Å². The topological polar surface area (TPSA) is 113 Å². The van der Waals surface area contributed by atoms with Gasteiger partial charge in [-0.1, -0.05) is 12.8 Å². The van der Waals surface area contributed by atoms with Gasteiger partial charge in [-0.3, -0.25) is 9.59 Å². The van der Waals surface area contributed by atoms with Gasteiger partial charge < -0.3 is 21.1 Å². The monoisotopic (exact) mass is 285 g/mol. The Morgan fingerprint density at radius 3 is 2.30 bits per heavy atom. The van der Waals surface area contributed by atoms with Crippen LogP contribution in [0, 0.1) is 5.41 Å². The maximum Gasteiger partial charge on any atom is 0.318 e. The van der Waals surface area contributed by atoms with Gasteiger partial charge in [-0.15, -0.1) is 0 Å². The van der Waals surface area contributed by atoms with Crippen LogP contribution in [0.25, 0.3) is 0 Å². The summed E-state index contributed by atoms with van der Waals surface area (Å²) < 4.78 is 0. The normalized spacial score (nSPS) is 15.9. The summed E-state index contributed by atoms with van der Waals surface area (Å²) in [6, 6.07) is -0.416. The van der Waals surface area contributed by atoms with E-state index in [0.717, 1.165) is 25.7 Å². The minimum atomic E-state index is -1.05. The fourth-order valence-electron chi connectivity index (χ4n) is 2.22. The number of carboxylic acids is 1. The van der Waals surface area contributed by atoms with Gasteiger partial charge in [0.15, 0.2) is 0 Å². The molecule has 1 aliphatic rings. The first-order chi connectivity index (χ1) is 9.24.